The van der Waals surface area contributed by atoms with Gasteiger partial charge in [-0.15, -0.1) is 0 Å². The van der Waals surface area contributed by atoms with Crippen molar-refractivity contribution in [2.24, 2.45) is 5.73 Å². The third kappa shape index (κ3) is 1.34. The van der Waals surface area contributed by atoms with Crippen molar-refractivity contribution in [3.63, 3.8) is 0 Å². The van der Waals surface area contributed by atoms with Gasteiger partial charge in [0.05, 0.1) is 5.69 Å². The molecule has 0 radical (unpaired) electrons. The minimum atomic E-state index is -0.0810. The molecular formula is C13H17FN2. The number of aryl methyl sites for hydroxylation is 1. The minimum Gasteiger partial charge on any atom is -0.362 e. The number of fused-ring (bicyclic) bond motifs is 3. The minimum absolute atomic E-state index is 0.0810. The monoisotopic (exact) mass is 220 g/mol. The number of halogens is 1. The van der Waals surface area contributed by atoms with Crippen LogP contribution < -0.4 is 10.6 Å². The number of nitrogens with two attached hydrogens (primary N) is 1. The third-order valence-electron chi connectivity index (χ3n) is 3.97. The Morgan fingerprint density at radius 1 is 1.31 bits per heavy atom. The molecule has 2 heterocycles. The van der Waals surface area contributed by atoms with Gasteiger partial charge in [-0.1, -0.05) is 12.1 Å². The van der Waals surface area contributed by atoms with E-state index in [2.05, 4.69) is 4.90 Å². The fourth-order valence-electron chi connectivity index (χ4n) is 3.21. The van der Waals surface area contributed by atoms with E-state index in [0.717, 1.165) is 36.9 Å². The lowest BCUT2D eigenvalue weighted by molar-refractivity contribution is 0.534. The highest BCUT2D eigenvalue weighted by Crippen LogP contribution is 2.40. The van der Waals surface area contributed by atoms with Gasteiger partial charge < -0.3 is 10.6 Å². The molecule has 1 saturated heterocycles. The maximum Gasteiger partial charge on any atom is 0.146 e. The molecule has 1 aromatic rings. The zero-order valence-electron chi connectivity index (χ0n) is 9.32. The number of hydrogen-bond acceptors (Lipinski definition) is 2. The van der Waals surface area contributed by atoms with Gasteiger partial charge >= 0.3 is 0 Å². The zero-order chi connectivity index (χ0) is 11.1. The van der Waals surface area contributed by atoms with Crippen molar-refractivity contribution in [3.8, 4) is 0 Å². The van der Waals surface area contributed by atoms with Crippen molar-refractivity contribution in [3.05, 3.63) is 29.6 Å². The first kappa shape index (κ1) is 10.1. The summed E-state index contributed by atoms with van der Waals surface area (Å²) in [4.78, 5) is 2.24. The molecule has 86 valence electrons. The van der Waals surface area contributed by atoms with Gasteiger partial charge in [-0.05, 0) is 37.3 Å². The van der Waals surface area contributed by atoms with Crippen LogP contribution in [0, 0.1) is 5.82 Å². The van der Waals surface area contributed by atoms with Gasteiger partial charge in [-0.3, -0.25) is 0 Å². The first-order chi connectivity index (χ1) is 7.81. The molecule has 2 nitrogen and oxygen atoms in total. The fourth-order valence-corrected chi connectivity index (χ4v) is 3.21. The molecule has 2 N–H and O–H groups in total. The molecule has 0 spiro atoms. The molecule has 2 aliphatic heterocycles. The van der Waals surface area contributed by atoms with Crippen LogP contribution in [-0.4, -0.2) is 18.6 Å². The molecule has 1 aromatic carbocycles. The van der Waals surface area contributed by atoms with Gasteiger partial charge in [0.25, 0.3) is 0 Å². The number of anilines is 1. The Morgan fingerprint density at radius 2 is 2.19 bits per heavy atom. The highest BCUT2D eigenvalue weighted by molar-refractivity contribution is 5.59. The first-order valence-corrected chi connectivity index (χ1v) is 6.07. The molecule has 1 fully saturated rings. The van der Waals surface area contributed by atoms with E-state index < -0.39 is 0 Å². The number of nitrogens with zero attached hydrogens (tertiary/aromatic N) is 1. The van der Waals surface area contributed by atoms with Crippen LogP contribution in [-0.2, 0) is 6.42 Å². The molecule has 3 rings (SSSR count). The third-order valence-corrected chi connectivity index (χ3v) is 3.97. The molecule has 0 bridgehead atoms. The lowest BCUT2D eigenvalue weighted by Crippen LogP contribution is -2.43. The van der Waals surface area contributed by atoms with Crippen molar-refractivity contribution < 1.29 is 4.39 Å². The van der Waals surface area contributed by atoms with E-state index >= 15 is 0 Å². The lowest BCUT2D eigenvalue weighted by Gasteiger charge is -2.37. The van der Waals surface area contributed by atoms with Crippen LogP contribution in [0.2, 0.25) is 0 Å². The molecule has 2 atom stereocenters. The van der Waals surface area contributed by atoms with Crippen LogP contribution in [0.15, 0.2) is 18.2 Å². The molecule has 0 aromatic heterocycles. The van der Waals surface area contributed by atoms with Gasteiger partial charge in [0.2, 0.25) is 0 Å². The lowest BCUT2D eigenvalue weighted by atomic mass is 9.96. The number of hydrogen-bond donors (Lipinski definition) is 1. The number of rotatable bonds is 1. The van der Waals surface area contributed by atoms with Crippen LogP contribution >= 0.6 is 0 Å². The molecule has 0 aliphatic carbocycles. The summed E-state index contributed by atoms with van der Waals surface area (Å²) in [7, 11) is 0. The molecule has 0 amide bonds. The highest BCUT2D eigenvalue weighted by Gasteiger charge is 2.37. The zero-order valence-corrected chi connectivity index (χ0v) is 9.32. The van der Waals surface area contributed by atoms with E-state index in [0.29, 0.717) is 18.6 Å². The molecule has 0 saturated carbocycles. The van der Waals surface area contributed by atoms with Gasteiger partial charge in [0, 0.05) is 18.6 Å². The SMILES string of the molecule is NCC1CCC2CCc3cccc(F)c3N12. The summed E-state index contributed by atoms with van der Waals surface area (Å²) in [6.45, 7) is 0.629. The Hall–Kier alpha value is -1.09. The van der Waals surface area contributed by atoms with Crippen molar-refractivity contribution in [2.45, 2.75) is 37.8 Å². The summed E-state index contributed by atoms with van der Waals surface area (Å²) < 4.78 is 13.9. The summed E-state index contributed by atoms with van der Waals surface area (Å²) >= 11 is 0. The van der Waals surface area contributed by atoms with Gasteiger partial charge in [-0.2, -0.15) is 0 Å². The second-order valence-electron chi connectivity index (χ2n) is 4.81. The van der Waals surface area contributed by atoms with E-state index in [9.17, 15) is 4.39 Å². The van der Waals surface area contributed by atoms with Crippen LogP contribution in [0.1, 0.15) is 24.8 Å². The van der Waals surface area contributed by atoms with E-state index in [1.54, 1.807) is 6.07 Å². The van der Waals surface area contributed by atoms with Crippen LogP contribution in [0.25, 0.3) is 0 Å². The van der Waals surface area contributed by atoms with E-state index in [-0.39, 0.29) is 5.82 Å². The van der Waals surface area contributed by atoms with Gasteiger partial charge in [0.15, 0.2) is 0 Å². The van der Waals surface area contributed by atoms with Gasteiger partial charge in [0.1, 0.15) is 5.82 Å². The summed E-state index contributed by atoms with van der Waals surface area (Å²) in [5.74, 6) is -0.0810. The fraction of sp³-hybridized carbons (Fsp3) is 0.538. The summed E-state index contributed by atoms with van der Waals surface area (Å²) in [6, 6.07) is 6.26. The molecule has 16 heavy (non-hydrogen) atoms. The largest absolute Gasteiger partial charge is 0.362 e. The van der Waals surface area contributed by atoms with Crippen molar-refractivity contribution in [1.82, 2.24) is 0 Å². The Bertz CT molecular complexity index is 405. The quantitative estimate of drug-likeness (QED) is 0.785. The van der Waals surface area contributed by atoms with E-state index in [1.807, 2.05) is 12.1 Å². The standard InChI is InChI=1S/C13H17FN2/c14-12-3-1-2-9-4-5-10-6-7-11(8-15)16(10)13(9)12/h1-3,10-11H,4-8,15H2. The average molecular weight is 220 g/mol. The second-order valence-corrected chi connectivity index (χ2v) is 4.81. The van der Waals surface area contributed by atoms with Crippen molar-refractivity contribution in [1.29, 1.82) is 0 Å². The first-order valence-electron chi connectivity index (χ1n) is 6.07. The Balaban J connectivity index is 2.08. The summed E-state index contributed by atoms with van der Waals surface area (Å²) in [6.07, 6.45) is 4.42. The van der Waals surface area contributed by atoms with E-state index in [1.165, 1.54) is 0 Å². The van der Waals surface area contributed by atoms with Crippen LogP contribution in [0.5, 0.6) is 0 Å². The van der Waals surface area contributed by atoms with Gasteiger partial charge in [-0.25, -0.2) is 4.39 Å². The van der Waals surface area contributed by atoms with Crippen LogP contribution in [0.4, 0.5) is 10.1 Å². The predicted molar refractivity (Wildman–Crippen MR) is 63.1 cm³/mol. The Morgan fingerprint density at radius 3 is 3.00 bits per heavy atom. The average Bonchev–Trinajstić information content (AvgIpc) is 2.72. The Labute approximate surface area is 95.2 Å². The smallest absolute Gasteiger partial charge is 0.146 e. The topological polar surface area (TPSA) is 29.3 Å². The van der Waals surface area contributed by atoms with Crippen molar-refractivity contribution in [2.75, 3.05) is 11.4 Å². The molecule has 3 heteroatoms. The maximum atomic E-state index is 13.9. The molecule has 2 aliphatic rings. The number of para-hydroxylation sites is 1. The summed E-state index contributed by atoms with van der Waals surface area (Å²) in [5.41, 5.74) is 7.76. The summed E-state index contributed by atoms with van der Waals surface area (Å²) in [5, 5.41) is 0. The highest BCUT2D eigenvalue weighted by atomic mass is 19.1. The number of benzene rings is 1. The van der Waals surface area contributed by atoms with Crippen LogP contribution in [0.3, 0.4) is 0 Å². The molecular weight excluding hydrogens is 203 g/mol. The van der Waals surface area contributed by atoms with Crippen molar-refractivity contribution >= 4 is 5.69 Å². The Kier molecular flexibility index (Phi) is 2.36. The second kappa shape index (κ2) is 3.74. The normalized spacial score (nSPS) is 27.8. The predicted octanol–water partition coefficient (Wildman–Crippen LogP) is 2.07. The van der Waals surface area contributed by atoms with E-state index in [4.69, 9.17) is 5.73 Å². The maximum absolute atomic E-state index is 13.9. The molecule has 2 unspecified atom stereocenters.